The monoisotopic (exact) mass is 276 g/mol. The third-order valence-corrected chi connectivity index (χ3v) is 2.74. The summed E-state index contributed by atoms with van der Waals surface area (Å²) in [5.74, 6) is 0.663. The van der Waals surface area contributed by atoms with Crippen LogP contribution in [0.2, 0.25) is 10.0 Å². The van der Waals surface area contributed by atoms with Crippen LogP contribution in [-0.2, 0) is 0 Å². The lowest BCUT2D eigenvalue weighted by Gasteiger charge is -2.17. The number of oxime groups is 1. The van der Waals surface area contributed by atoms with Crippen LogP contribution < -0.4 is 10.5 Å². The predicted molar refractivity (Wildman–Crippen MR) is 69.2 cm³/mol. The number of halogens is 2. The maximum absolute atomic E-state index is 8.50. The number of rotatable bonds is 5. The van der Waals surface area contributed by atoms with Crippen molar-refractivity contribution in [2.24, 2.45) is 10.9 Å². The summed E-state index contributed by atoms with van der Waals surface area (Å²) >= 11 is 11.8. The minimum absolute atomic E-state index is 0.127. The largest absolute Gasteiger partial charge is 0.488 e. The molecule has 94 valence electrons. The van der Waals surface area contributed by atoms with Crippen molar-refractivity contribution in [3.05, 3.63) is 28.2 Å². The van der Waals surface area contributed by atoms with E-state index in [0.717, 1.165) is 6.42 Å². The lowest BCUT2D eigenvalue weighted by molar-refractivity contribution is 0.202. The Bertz CT molecular complexity index is 410. The van der Waals surface area contributed by atoms with Crippen molar-refractivity contribution >= 4 is 29.0 Å². The smallest absolute Gasteiger partial charge is 0.142 e. The number of ether oxygens (including phenoxy) is 1. The Labute approximate surface area is 110 Å². The Morgan fingerprint density at radius 3 is 2.76 bits per heavy atom. The highest BCUT2D eigenvalue weighted by molar-refractivity contribution is 6.35. The molecule has 1 atom stereocenters. The molecule has 6 heteroatoms. The van der Waals surface area contributed by atoms with Gasteiger partial charge in [-0.15, -0.1) is 0 Å². The fourth-order valence-electron chi connectivity index (χ4n) is 1.29. The van der Waals surface area contributed by atoms with Crippen molar-refractivity contribution in [2.75, 3.05) is 0 Å². The van der Waals surface area contributed by atoms with Crippen LogP contribution in [0.4, 0.5) is 0 Å². The first-order valence-electron chi connectivity index (χ1n) is 5.15. The van der Waals surface area contributed by atoms with E-state index < -0.39 is 0 Å². The summed E-state index contributed by atoms with van der Waals surface area (Å²) in [5.41, 5.74) is 5.43. The molecule has 0 bridgehead atoms. The second kappa shape index (κ2) is 6.57. The molecule has 0 saturated carbocycles. The molecule has 0 saturated heterocycles. The quantitative estimate of drug-likeness (QED) is 0.375. The molecule has 0 heterocycles. The van der Waals surface area contributed by atoms with E-state index in [4.69, 9.17) is 38.9 Å². The molecule has 0 aliphatic rings. The van der Waals surface area contributed by atoms with E-state index in [1.165, 1.54) is 0 Å². The maximum atomic E-state index is 8.50. The summed E-state index contributed by atoms with van der Waals surface area (Å²) in [6.45, 7) is 1.94. The van der Waals surface area contributed by atoms with E-state index in [-0.39, 0.29) is 11.9 Å². The van der Waals surface area contributed by atoms with Gasteiger partial charge in [-0.2, -0.15) is 0 Å². The highest BCUT2D eigenvalue weighted by atomic mass is 35.5. The van der Waals surface area contributed by atoms with Crippen molar-refractivity contribution < 1.29 is 9.94 Å². The molecular formula is C11H14Cl2N2O2. The zero-order valence-corrected chi connectivity index (χ0v) is 10.9. The van der Waals surface area contributed by atoms with Gasteiger partial charge in [0.1, 0.15) is 17.7 Å². The molecule has 0 amide bonds. The summed E-state index contributed by atoms with van der Waals surface area (Å²) in [4.78, 5) is 0. The minimum atomic E-state index is -0.190. The molecular weight excluding hydrogens is 263 g/mol. The summed E-state index contributed by atoms with van der Waals surface area (Å²) < 4.78 is 5.66. The van der Waals surface area contributed by atoms with Crippen LogP contribution in [0, 0.1) is 0 Å². The number of hydrogen-bond acceptors (Lipinski definition) is 3. The highest BCUT2D eigenvalue weighted by Crippen LogP contribution is 2.29. The van der Waals surface area contributed by atoms with Gasteiger partial charge in [0, 0.05) is 11.4 Å². The number of hydrogen-bond donors (Lipinski definition) is 2. The SMILES string of the molecule is CCC(C/C(N)=N/O)Oc1ccc(Cl)cc1Cl. The van der Waals surface area contributed by atoms with Gasteiger partial charge < -0.3 is 15.7 Å². The molecule has 0 spiro atoms. The fraction of sp³-hybridized carbons (Fsp3) is 0.364. The molecule has 1 unspecified atom stereocenters. The standard InChI is InChI=1S/C11H14Cl2N2O2/c1-2-8(6-11(14)15-16)17-10-4-3-7(12)5-9(10)13/h3-5,8,16H,2,6H2,1H3,(H2,14,15). The van der Waals surface area contributed by atoms with E-state index >= 15 is 0 Å². The summed E-state index contributed by atoms with van der Waals surface area (Å²) in [5, 5.41) is 12.4. The van der Waals surface area contributed by atoms with Gasteiger partial charge >= 0.3 is 0 Å². The Balaban J connectivity index is 2.73. The van der Waals surface area contributed by atoms with E-state index in [1.54, 1.807) is 18.2 Å². The van der Waals surface area contributed by atoms with Gasteiger partial charge in [0.2, 0.25) is 0 Å². The molecule has 1 aromatic carbocycles. The Kier molecular flexibility index (Phi) is 5.38. The first-order chi connectivity index (χ1) is 8.06. The van der Waals surface area contributed by atoms with Gasteiger partial charge in [0.25, 0.3) is 0 Å². The van der Waals surface area contributed by atoms with Crippen LogP contribution >= 0.6 is 23.2 Å². The van der Waals surface area contributed by atoms with E-state index in [9.17, 15) is 0 Å². The van der Waals surface area contributed by atoms with Crippen molar-refractivity contribution in [3.63, 3.8) is 0 Å². The average Bonchev–Trinajstić information content (AvgIpc) is 2.31. The Morgan fingerprint density at radius 1 is 1.53 bits per heavy atom. The number of nitrogens with two attached hydrogens (primary N) is 1. The average molecular weight is 277 g/mol. The second-order valence-corrected chi connectivity index (χ2v) is 4.36. The first kappa shape index (κ1) is 13.9. The van der Waals surface area contributed by atoms with Crippen molar-refractivity contribution in [1.29, 1.82) is 0 Å². The Hall–Kier alpha value is -1.13. The number of benzene rings is 1. The molecule has 0 fully saturated rings. The van der Waals surface area contributed by atoms with Gasteiger partial charge in [0.05, 0.1) is 5.02 Å². The normalized spacial score (nSPS) is 13.5. The zero-order valence-electron chi connectivity index (χ0n) is 9.36. The third-order valence-electron chi connectivity index (χ3n) is 2.21. The lowest BCUT2D eigenvalue weighted by atomic mass is 10.2. The summed E-state index contributed by atoms with van der Waals surface area (Å²) in [6, 6.07) is 4.99. The molecule has 17 heavy (non-hydrogen) atoms. The van der Waals surface area contributed by atoms with Crippen LogP contribution in [0.5, 0.6) is 5.75 Å². The molecule has 0 radical (unpaired) electrons. The van der Waals surface area contributed by atoms with Crippen LogP contribution in [0.3, 0.4) is 0 Å². The van der Waals surface area contributed by atoms with Gasteiger partial charge in [-0.05, 0) is 24.6 Å². The second-order valence-electron chi connectivity index (χ2n) is 3.52. The fourth-order valence-corrected chi connectivity index (χ4v) is 1.75. The molecule has 0 aromatic heterocycles. The third kappa shape index (κ3) is 4.32. The number of amidine groups is 1. The van der Waals surface area contributed by atoms with Gasteiger partial charge in [-0.1, -0.05) is 35.3 Å². The molecule has 3 N–H and O–H groups in total. The van der Waals surface area contributed by atoms with Crippen molar-refractivity contribution in [3.8, 4) is 5.75 Å². The first-order valence-corrected chi connectivity index (χ1v) is 5.90. The van der Waals surface area contributed by atoms with Gasteiger partial charge in [-0.25, -0.2) is 0 Å². The van der Waals surface area contributed by atoms with Gasteiger partial charge in [-0.3, -0.25) is 0 Å². The zero-order chi connectivity index (χ0) is 12.8. The van der Waals surface area contributed by atoms with Crippen LogP contribution in [0.15, 0.2) is 23.4 Å². The highest BCUT2D eigenvalue weighted by Gasteiger charge is 2.13. The maximum Gasteiger partial charge on any atom is 0.142 e. The Morgan fingerprint density at radius 2 is 2.24 bits per heavy atom. The topological polar surface area (TPSA) is 67.8 Å². The van der Waals surface area contributed by atoms with E-state index in [0.29, 0.717) is 22.2 Å². The molecule has 0 aliphatic heterocycles. The van der Waals surface area contributed by atoms with E-state index in [2.05, 4.69) is 5.16 Å². The molecule has 1 rings (SSSR count). The van der Waals surface area contributed by atoms with Crippen LogP contribution in [-0.4, -0.2) is 17.1 Å². The van der Waals surface area contributed by atoms with Crippen molar-refractivity contribution in [1.82, 2.24) is 0 Å². The minimum Gasteiger partial charge on any atom is -0.488 e. The van der Waals surface area contributed by atoms with E-state index in [1.807, 2.05) is 6.92 Å². The molecule has 4 nitrogen and oxygen atoms in total. The van der Waals surface area contributed by atoms with Crippen molar-refractivity contribution in [2.45, 2.75) is 25.9 Å². The molecule has 0 aliphatic carbocycles. The molecule has 1 aromatic rings. The van der Waals surface area contributed by atoms with Crippen LogP contribution in [0.1, 0.15) is 19.8 Å². The van der Waals surface area contributed by atoms with Crippen LogP contribution in [0.25, 0.3) is 0 Å². The number of nitrogens with zero attached hydrogens (tertiary/aromatic N) is 1. The van der Waals surface area contributed by atoms with Gasteiger partial charge in [0.15, 0.2) is 0 Å². The lowest BCUT2D eigenvalue weighted by Crippen LogP contribution is -2.24. The summed E-state index contributed by atoms with van der Waals surface area (Å²) in [6.07, 6.45) is 0.866. The summed E-state index contributed by atoms with van der Waals surface area (Å²) in [7, 11) is 0. The predicted octanol–water partition coefficient (Wildman–Crippen LogP) is 3.29.